The minimum Gasteiger partial charge on any atom is -0.354 e. The van der Waals surface area contributed by atoms with Gasteiger partial charge in [0.15, 0.2) is 6.29 Å². The largest absolute Gasteiger partial charge is 0.354 e. The minimum atomic E-state index is -0.482. The zero-order chi connectivity index (χ0) is 12.8. The molecular weight excluding hydrogens is 224 g/mol. The van der Waals surface area contributed by atoms with E-state index in [4.69, 9.17) is 9.47 Å². The van der Waals surface area contributed by atoms with Crippen LogP contribution in [0.15, 0.2) is 0 Å². The van der Waals surface area contributed by atoms with E-state index in [1.54, 1.807) is 4.90 Å². The van der Waals surface area contributed by atoms with Gasteiger partial charge in [-0.25, -0.2) is 0 Å². The molecule has 0 N–H and O–H groups in total. The van der Waals surface area contributed by atoms with Crippen LogP contribution in [0.2, 0.25) is 0 Å². The normalized spacial score (nSPS) is 17.2. The molecule has 17 heavy (non-hydrogen) atoms. The summed E-state index contributed by atoms with van der Waals surface area (Å²) in [5.41, 5.74) is 0. The number of ether oxygens (including phenoxy) is 2. The van der Waals surface area contributed by atoms with E-state index in [2.05, 4.69) is 0 Å². The van der Waals surface area contributed by atoms with Crippen LogP contribution in [0.4, 0.5) is 0 Å². The molecule has 1 aliphatic rings. The van der Waals surface area contributed by atoms with Gasteiger partial charge in [0, 0.05) is 20.8 Å². The zero-order valence-electron chi connectivity index (χ0n) is 10.6. The molecule has 0 unspecified atom stereocenters. The van der Waals surface area contributed by atoms with Crippen molar-refractivity contribution >= 4 is 11.8 Å². The number of carbonyl (C=O) groups excluding carboxylic acids is 2. The second kappa shape index (κ2) is 6.56. The van der Waals surface area contributed by atoms with Gasteiger partial charge in [-0.1, -0.05) is 6.92 Å². The summed E-state index contributed by atoms with van der Waals surface area (Å²) in [7, 11) is 3.02. The Hall–Kier alpha value is -1.14. The van der Waals surface area contributed by atoms with Crippen LogP contribution in [0.5, 0.6) is 0 Å². The van der Waals surface area contributed by atoms with Gasteiger partial charge in [-0.15, -0.1) is 0 Å². The first kappa shape index (κ1) is 13.9. The molecule has 6 nitrogen and oxygen atoms in total. The third-order valence-electron chi connectivity index (χ3n) is 2.75. The van der Waals surface area contributed by atoms with Gasteiger partial charge in [-0.2, -0.15) is 0 Å². The Balaban J connectivity index is 2.54. The molecule has 1 heterocycles. The molecule has 0 aliphatic carbocycles. The highest BCUT2D eigenvalue weighted by atomic mass is 16.7. The Morgan fingerprint density at radius 2 is 1.65 bits per heavy atom. The SMILES string of the molecule is CCCN1CC(=O)N(CC(OC)OC)CC1=O. The van der Waals surface area contributed by atoms with E-state index in [-0.39, 0.29) is 31.4 Å². The third kappa shape index (κ3) is 3.67. The van der Waals surface area contributed by atoms with Crippen LogP contribution in [0.1, 0.15) is 13.3 Å². The molecule has 0 bridgehead atoms. The van der Waals surface area contributed by atoms with E-state index in [0.717, 1.165) is 6.42 Å². The van der Waals surface area contributed by atoms with Crippen molar-refractivity contribution in [2.24, 2.45) is 0 Å². The average Bonchev–Trinajstić information content (AvgIpc) is 2.32. The molecule has 0 saturated carbocycles. The standard InChI is InChI=1S/C11H20N2O4/c1-4-5-12-6-10(15)13(7-9(12)14)8-11(16-2)17-3/h11H,4-8H2,1-3H3. The van der Waals surface area contributed by atoms with E-state index in [0.29, 0.717) is 6.54 Å². The van der Waals surface area contributed by atoms with Crippen molar-refractivity contribution in [1.82, 2.24) is 9.80 Å². The monoisotopic (exact) mass is 244 g/mol. The Morgan fingerprint density at radius 3 is 2.18 bits per heavy atom. The summed E-state index contributed by atoms with van der Waals surface area (Å²) in [5, 5.41) is 0. The van der Waals surface area contributed by atoms with E-state index < -0.39 is 6.29 Å². The predicted octanol–water partition coefficient (Wildman–Crippen LogP) is -0.314. The zero-order valence-corrected chi connectivity index (χ0v) is 10.6. The number of carbonyl (C=O) groups is 2. The second-order valence-corrected chi connectivity index (χ2v) is 3.99. The highest BCUT2D eigenvalue weighted by Gasteiger charge is 2.30. The molecule has 0 atom stereocenters. The van der Waals surface area contributed by atoms with Gasteiger partial charge < -0.3 is 19.3 Å². The van der Waals surface area contributed by atoms with Gasteiger partial charge in [-0.05, 0) is 6.42 Å². The van der Waals surface area contributed by atoms with Crippen molar-refractivity contribution in [3.63, 3.8) is 0 Å². The van der Waals surface area contributed by atoms with Crippen molar-refractivity contribution < 1.29 is 19.1 Å². The van der Waals surface area contributed by atoms with E-state index >= 15 is 0 Å². The fourth-order valence-electron chi connectivity index (χ4n) is 1.77. The summed E-state index contributed by atoms with van der Waals surface area (Å²) < 4.78 is 10.0. The maximum absolute atomic E-state index is 11.8. The van der Waals surface area contributed by atoms with Crippen molar-refractivity contribution in [1.29, 1.82) is 0 Å². The van der Waals surface area contributed by atoms with E-state index in [9.17, 15) is 9.59 Å². The molecule has 0 radical (unpaired) electrons. The summed E-state index contributed by atoms with van der Waals surface area (Å²) in [4.78, 5) is 26.6. The fraction of sp³-hybridized carbons (Fsp3) is 0.818. The summed E-state index contributed by atoms with van der Waals surface area (Å²) in [6.45, 7) is 3.18. The van der Waals surface area contributed by atoms with Gasteiger partial charge in [0.1, 0.15) is 0 Å². The number of methoxy groups -OCH3 is 2. The Kier molecular flexibility index (Phi) is 5.37. The van der Waals surface area contributed by atoms with Crippen LogP contribution in [0, 0.1) is 0 Å². The maximum atomic E-state index is 11.8. The first-order chi connectivity index (χ1) is 8.12. The quantitative estimate of drug-likeness (QED) is 0.601. The molecule has 2 amide bonds. The maximum Gasteiger partial charge on any atom is 0.242 e. The predicted molar refractivity (Wildman–Crippen MR) is 61.3 cm³/mol. The van der Waals surface area contributed by atoms with Gasteiger partial charge in [0.05, 0.1) is 19.6 Å². The molecule has 1 aliphatic heterocycles. The Bertz CT molecular complexity index is 279. The molecule has 98 valence electrons. The van der Waals surface area contributed by atoms with Crippen LogP contribution in [0.25, 0.3) is 0 Å². The van der Waals surface area contributed by atoms with Gasteiger partial charge in [0.2, 0.25) is 11.8 Å². The van der Waals surface area contributed by atoms with Crippen molar-refractivity contribution in [3.05, 3.63) is 0 Å². The first-order valence-electron chi connectivity index (χ1n) is 5.73. The number of hydrogen-bond donors (Lipinski definition) is 0. The fourth-order valence-corrected chi connectivity index (χ4v) is 1.77. The van der Waals surface area contributed by atoms with Gasteiger partial charge in [-0.3, -0.25) is 9.59 Å². The summed E-state index contributed by atoms with van der Waals surface area (Å²) in [6, 6.07) is 0. The van der Waals surface area contributed by atoms with Crippen molar-refractivity contribution in [3.8, 4) is 0 Å². The molecule has 0 aromatic carbocycles. The summed E-state index contributed by atoms with van der Waals surface area (Å²) in [5.74, 6) is -0.0745. The lowest BCUT2D eigenvalue weighted by molar-refractivity contribution is -0.159. The molecule has 0 spiro atoms. The highest BCUT2D eigenvalue weighted by Crippen LogP contribution is 2.07. The molecule has 0 aromatic heterocycles. The Labute approximate surface area is 101 Å². The third-order valence-corrected chi connectivity index (χ3v) is 2.75. The van der Waals surface area contributed by atoms with Crippen LogP contribution in [-0.4, -0.2) is 68.3 Å². The van der Waals surface area contributed by atoms with Crippen LogP contribution in [0.3, 0.4) is 0 Å². The highest BCUT2D eigenvalue weighted by molar-refractivity contribution is 5.92. The summed E-state index contributed by atoms with van der Waals surface area (Å²) in [6.07, 6.45) is 0.377. The van der Waals surface area contributed by atoms with Crippen LogP contribution < -0.4 is 0 Å². The van der Waals surface area contributed by atoms with Gasteiger partial charge in [0.25, 0.3) is 0 Å². The molecular formula is C11H20N2O4. The second-order valence-electron chi connectivity index (χ2n) is 3.99. The number of amides is 2. The van der Waals surface area contributed by atoms with Gasteiger partial charge >= 0.3 is 0 Å². The molecule has 0 aromatic rings. The Morgan fingerprint density at radius 1 is 1.12 bits per heavy atom. The number of nitrogens with zero attached hydrogens (tertiary/aromatic N) is 2. The lowest BCUT2D eigenvalue weighted by atomic mass is 10.2. The molecule has 6 heteroatoms. The minimum absolute atomic E-state index is 0.0163. The van der Waals surface area contributed by atoms with Crippen molar-refractivity contribution in [2.75, 3.05) is 40.4 Å². The van der Waals surface area contributed by atoms with Crippen molar-refractivity contribution in [2.45, 2.75) is 19.6 Å². The van der Waals surface area contributed by atoms with E-state index in [1.807, 2.05) is 6.92 Å². The summed E-state index contributed by atoms with van der Waals surface area (Å²) >= 11 is 0. The smallest absolute Gasteiger partial charge is 0.242 e. The average molecular weight is 244 g/mol. The molecule has 1 fully saturated rings. The number of hydrogen-bond acceptors (Lipinski definition) is 4. The number of rotatable bonds is 6. The molecule has 1 rings (SSSR count). The first-order valence-corrected chi connectivity index (χ1v) is 5.73. The topological polar surface area (TPSA) is 59.1 Å². The molecule has 1 saturated heterocycles. The lowest BCUT2D eigenvalue weighted by Crippen LogP contribution is -2.55. The number of piperazine rings is 1. The van der Waals surface area contributed by atoms with E-state index in [1.165, 1.54) is 19.1 Å². The van der Waals surface area contributed by atoms with Crippen LogP contribution >= 0.6 is 0 Å². The lowest BCUT2D eigenvalue weighted by Gasteiger charge is -2.34. The van der Waals surface area contributed by atoms with Crippen LogP contribution in [-0.2, 0) is 19.1 Å².